The minimum Gasteiger partial charge on any atom is -0.494 e. The van der Waals surface area contributed by atoms with Crippen LogP contribution in [0.4, 0.5) is 16.2 Å². The van der Waals surface area contributed by atoms with Crippen LogP contribution in [-0.2, 0) is 0 Å². The molecule has 1 aliphatic rings. The average molecular weight is 353 g/mol. The SMILES string of the molecule is O=C(NCCCOc1ccccc1)Nc1ccc(N2CCCCC2)cc1. The summed E-state index contributed by atoms with van der Waals surface area (Å²) in [5, 5.41) is 5.73. The minimum atomic E-state index is -0.185. The van der Waals surface area contributed by atoms with Gasteiger partial charge < -0.3 is 20.3 Å². The number of urea groups is 1. The molecule has 2 aromatic rings. The van der Waals surface area contributed by atoms with E-state index >= 15 is 0 Å². The molecule has 0 unspecified atom stereocenters. The fourth-order valence-corrected chi connectivity index (χ4v) is 3.06. The smallest absolute Gasteiger partial charge is 0.319 e. The molecule has 138 valence electrons. The molecule has 1 fully saturated rings. The molecule has 5 heteroatoms. The summed E-state index contributed by atoms with van der Waals surface area (Å²) in [4.78, 5) is 14.4. The first-order valence-electron chi connectivity index (χ1n) is 9.39. The lowest BCUT2D eigenvalue weighted by Gasteiger charge is -2.28. The second kappa shape index (κ2) is 9.70. The predicted octanol–water partition coefficient (Wildman–Crippen LogP) is 4.27. The molecular formula is C21H27N3O2. The maximum atomic E-state index is 12.0. The van der Waals surface area contributed by atoms with Crippen LogP contribution >= 0.6 is 0 Å². The molecule has 0 bridgehead atoms. The van der Waals surface area contributed by atoms with Crippen molar-refractivity contribution in [3.63, 3.8) is 0 Å². The Morgan fingerprint density at radius 1 is 0.962 bits per heavy atom. The Labute approximate surface area is 155 Å². The van der Waals surface area contributed by atoms with E-state index in [1.54, 1.807) is 0 Å². The number of anilines is 2. The van der Waals surface area contributed by atoms with E-state index in [0.29, 0.717) is 13.2 Å². The van der Waals surface area contributed by atoms with E-state index in [4.69, 9.17) is 4.74 Å². The summed E-state index contributed by atoms with van der Waals surface area (Å²) < 4.78 is 5.60. The van der Waals surface area contributed by atoms with Crippen LogP contribution in [-0.4, -0.2) is 32.3 Å². The molecule has 1 saturated heterocycles. The van der Waals surface area contributed by atoms with Crippen molar-refractivity contribution >= 4 is 17.4 Å². The van der Waals surface area contributed by atoms with Gasteiger partial charge in [-0.3, -0.25) is 0 Å². The Hall–Kier alpha value is -2.69. The van der Waals surface area contributed by atoms with Crippen molar-refractivity contribution in [3.8, 4) is 5.75 Å². The average Bonchev–Trinajstić information content (AvgIpc) is 2.70. The highest BCUT2D eigenvalue weighted by molar-refractivity contribution is 5.89. The molecule has 0 atom stereocenters. The molecule has 5 nitrogen and oxygen atoms in total. The second-order valence-corrected chi connectivity index (χ2v) is 6.49. The molecule has 2 amide bonds. The van der Waals surface area contributed by atoms with E-state index < -0.39 is 0 Å². The molecule has 0 aromatic heterocycles. The highest BCUT2D eigenvalue weighted by Crippen LogP contribution is 2.21. The Morgan fingerprint density at radius 2 is 1.69 bits per heavy atom. The number of hydrogen-bond acceptors (Lipinski definition) is 3. The summed E-state index contributed by atoms with van der Waals surface area (Å²) >= 11 is 0. The third-order valence-corrected chi connectivity index (χ3v) is 4.46. The van der Waals surface area contributed by atoms with Gasteiger partial charge in [-0.15, -0.1) is 0 Å². The summed E-state index contributed by atoms with van der Waals surface area (Å²) in [6.45, 7) is 3.40. The number of benzene rings is 2. The molecular weight excluding hydrogens is 326 g/mol. The molecule has 0 radical (unpaired) electrons. The fraction of sp³-hybridized carbons (Fsp3) is 0.381. The number of amides is 2. The normalized spacial score (nSPS) is 13.9. The molecule has 26 heavy (non-hydrogen) atoms. The molecule has 3 rings (SSSR count). The van der Waals surface area contributed by atoms with Crippen LogP contribution in [0.1, 0.15) is 25.7 Å². The van der Waals surface area contributed by atoms with Crippen LogP contribution in [0.2, 0.25) is 0 Å². The van der Waals surface area contributed by atoms with Crippen molar-refractivity contribution in [1.82, 2.24) is 5.32 Å². The van der Waals surface area contributed by atoms with Crippen LogP contribution in [0, 0.1) is 0 Å². The van der Waals surface area contributed by atoms with Crippen molar-refractivity contribution in [2.24, 2.45) is 0 Å². The highest BCUT2D eigenvalue weighted by atomic mass is 16.5. The quantitative estimate of drug-likeness (QED) is 0.731. The van der Waals surface area contributed by atoms with Gasteiger partial charge in [-0.25, -0.2) is 4.79 Å². The number of carbonyl (C=O) groups is 1. The van der Waals surface area contributed by atoms with Crippen molar-refractivity contribution < 1.29 is 9.53 Å². The maximum Gasteiger partial charge on any atom is 0.319 e. The number of rotatable bonds is 7. The second-order valence-electron chi connectivity index (χ2n) is 6.49. The highest BCUT2D eigenvalue weighted by Gasteiger charge is 2.10. The predicted molar refractivity (Wildman–Crippen MR) is 106 cm³/mol. The number of piperidine rings is 1. The van der Waals surface area contributed by atoms with E-state index in [-0.39, 0.29) is 6.03 Å². The van der Waals surface area contributed by atoms with Gasteiger partial charge in [0.2, 0.25) is 0 Å². The number of ether oxygens (including phenoxy) is 1. The van der Waals surface area contributed by atoms with Gasteiger partial charge >= 0.3 is 6.03 Å². The summed E-state index contributed by atoms with van der Waals surface area (Å²) in [5.74, 6) is 0.853. The summed E-state index contributed by atoms with van der Waals surface area (Å²) in [5.41, 5.74) is 2.04. The van der Waals surface area contributed by atoms with Gasteiger partial charge in [0.25, 0.3) is 0 Å². The van der Waals surface area contributed by atoms with Gasteiger partial charge in [-0.1, -0.05) is 18.2 Å². The molecule has 0 spiro atoms. The van der Waals surface area contributed by atoms with Gasteiger partial charge in [0.15, 0.2) is 0 Å². The summed E-state index contributed by atoms with van der Waals surface area (Å²) in [7, 11) is 0. The van der Waals surface area contributed by atoms with Gasteiger partial charge in [0, 0.05) is 31.0 Å². The minimum absolute atomic E-state index is 0.185. The van der Waals surface area contributed by atoms with E-state index in [1.165, 1.54) is 24.9 Å². The standard InChI is InChI=1S/C21H27N3O2/c25-21(22-14-7-17-26-20-8-3-1-4-9-20)23-18-10-12-19(13-11-18)24-15-5-2-6-16-24/h1,3-4,8-13H,2,5-7,14-17H2,(H2,22,23,25). The molecule has 2 N–H and O–H groups in total. The van der Waals surface area contributed by atoms with Crippen molar-refractivity contribution in [2.45, 2.75) is 25.7 Å². The Balaban J connectivity index is 1.34. The first-order valence-corrected chi connectivity index (χ1v) is 9.39. The monoisotopic (exact) mass is 353 g/mol. The van der Waals surface area contributed by atoms with Crippen molar-refractivity contribution in [3.05, 3.63) is 54.6 Å². The van der Waals surface area contributed by atoms with E-state index in [9.17, 15) is 4.79 Å². The lowest BCUT2D eigenvalue weighted by Crippen LogP contribution is -2.30. The number of carbonyl (C=O) groups excluding carboxylic acids is 1. The van der Waals surface area contributed by atoms with E-state index in [1.807, 2.05) is 42.5 Å². The van der Waals surface area contributed by atoms with Crippen LogP contribution in [0.25, 0.3) is 0 Å². The van der Waals surface area contributed by atoms with E-state index in [2.05, 4.69) is 27.7 Å². The van der Waals surface area contributed by atoms with Gasteiger partial charge in [-0.05, 0) is 62.1 Å². The molecule has 1 heterocycles. The number of nitrogens with zero attached hydrogens (tertiary/aromatic N) is 1. The maximum absolute atomic E-state index is 12.0. The first-order chi connectivity index (χ1) is 12.8. The molecule has 1 aliphatic heterocycles. The van der Waals surface area contributed by atoms with Crippen LogP contribution in [0.15, 0.2) is 54.6 Å². The Bertz CT molecular complexity index is 667. The molecule has 0 aliphatic carbocycles. The Kier molecular flexibility index (Phi) is 6.76. The Morgan fingerprint density at radius 3 is 2.42 bits per heavy atom. The zero-order chi connectivity index (χ0) is 18.0. The third-order valence-electron chi connectivity index (χ3n) is 4.46. The van der Waals surface area contributed by atoms with Crippen LogP contribution in [0.5, 0.6) is 5.75 Å². The zero-order valence-corrected chi connectivity index (χ0v) is 15.1. The first kappa shape index (κ1) is 18.1. The molecule has 0 saturated carbocycles. The lowest BCUT2D eigenvalue weighted by molar-refractivity contribution is 0.250. The lowest BCUT2D eigenvalue weighted by atomic mass is 10.1. The summed E-state index contributed by atoms with van der Waals surface area (Å²) in [6, 6.07) is 17.6. The largest absolute Gasteiger partial charge is 0.494 e. The zero-order valence-electron chi connectivity index (χ0n) is 15.1. The van der Waals surface area contributed by atoms with Crippen molar-refractivity contribution in [1.29, 1.82) is 0 Å². The number of hydrogen-bond donors (Lipinski definition) is 2. The van der Waals surface area contributed by atoms with Gasteiger partial charge in [0.05, 0.1) is 6.61 Å². The van der Waals surface area contributed by atoms with Crippen molar-refractivity contribution in [2.75, 3.05) is 36.5 Å². The summed E-state index contributed by atoms with van der Waals surface area (Å²) in [6.07, 6.45) is 4.61. The topological polar surface area (TPSA) is 53.6 Å². The fourth-order valence-electron chi connectivity index (χ4n) is 3.06. The number of para-hydroxylation sites is 1. The third kappa shape index (κ3) is 5.69. The molecule has 2 aromatic carbocycles. The van der Waals surface area contributed by atoms with E-state index in [0.717, 1.165) is 30.9 Å². The van der Waals surface area contributed by atoms with Crippen LogP contribution in [0.3, 0.4) is 0 Å². The number of nitrogens with one attached hydrogen (secondary N) is 2. The van der Waals surface area contributed by atoms with Crippen LogP contribution < -0.4 is 20.3 Å². The van der Waals surface area contributed by atoms with Gasteiger partial charge in [-0.2, -0.15) is 0 Å². The van der Waals surface area contributed by atoms with Gasteiger partial charge in [0.1, 0.15) is 5.75 Å².